The van der Waals surface area contributed by atoms with E-state index in [0.29, 0.717) is 13.2 Å². The van der Waals surface area contributed by atoms with Crippen LogP contribution in [0.3, 0.4) is 0 Å². The van der Waals surface area contributed by atoms with Crippen molar-refractivity contribution in [1.29, 1.82) is 0 Å². The average molecular weight is 439 g/mol. The molecule has 5 rings (SSSR count). The molecule has 0 bridgehead atoms. The molecule has 0 atom stereocenters. The van der Waals surface area contributed by atoms with Crippen LogP contribution < -0.4 is 10.2 Å². The molecule has 2 aliphatic rings. The van der Waals surface area contributed by atoms with Gasteiger partial charge in [0.05, 0.1) is 0 Å². The van der Waals surface area contributed by atoms with Gasteiger partial charge in [-0.25, -0.2) is 4.79 Å². The minimum absolute atomic E-state index is 0.0788. The zero-order valence-electron chi connectivity index (χ0n) is 18.9. The number of ether oxygens (including phenoxy) is 1. The van der Waals surface area contributed by atoms with E-state index in [0.717, 1.165) is 13.1 Å². The molecule has 1 N–H and O–H groups in total. The molecule has 1 saturated heterocycles. The summed E-state index contributed by atoms with van der Waals surface area (Å²) in [5.41, 5.74) is 7.37. The first-order chi connectivity index (χ1) is 16.3. The second-order valence-corrected chi connectivity index (χ2v) is 8.72. The Kier molecular flexibility index (Phi) is 6.43. The summed E-state index contributed by atoms with van der Waals surface area (Å²) >= 11 is 0. The van der Waals surface area contributed by atoms with Crippen LogP contribution in [-0.2, 0) is 4.74 Å². The van der Waals surface area contributed by atoms with E-state index >= 15 is 0 Å². The van der Waals surface area contributed by atoms with Crippen LogP contribution in [0.15, 0.2) is 78.9 Å². The first kappa shape index (κ1) is 21.3. The number of anilines is 1. The molecule has 0 unspecified atom stereocenters. The minimum Gasteiger partial charge on any atom is -0.449 e. The van der Waals surface area contributed by atoms with Gasteiger partial charge >= 0.3 is 6.09 Å². The van der Waals surface area contributed by atoms with Crippen molar-refractivity contribution >= 4 is 17.9 Å². The average Bonchev–Trinajstić information content (AvgIpc) is 3.20. The van der Waals surface area contributed by atoms with Crippen molar-refractivity contribution in [2.45, 2.75) is 25.2 Å². The van der Waals surface area contributed by atoms with Gasteiger partial charge in [-0.15, -0.1) is 0 Å². The van der Waals surface area contributed by atoms with Crippen LogP contribution in [0, 0.1) is 0 Å². The fourth-order valence-electron chi connectivity index (χ4n) is 5.03. The Balaban J connectivity index is 1.16. The fourth-order valence-corrected chi connectivity index (χ4v) is 5.03. The van der Waals surface area contributed by atoms with E-state index in [4.69, 9.17) is 4.74 Å². The standard InChI is InChI=1S/C29H30N2O2/c32-29(30-18-10-12-22-11-2-7-17-28(22)31-19-8-1-9-20-31)33-21-27-25-15-5-3-13-23(25)24-14-4-6-16-26(24)27/h2-7,10-17,27H,1,8-9,18-21H2,(H,30,32). The number of nitrogens with zero attached hydrogens (tertiary/aromatic N) is 1. The Labute approximate surface area is 195 Å². The topological polar surface area (TPSA) is 41.6 Å². The molecular formula is C29H30N2O2. The van der Waals surface area contributed by atoms with E-state index in [2.05, 4.69) is 77.0 Å². The quantitative estimate of drug-likeness (QED) is 0.496. The maximum absolute atomic E-state index is 12.4. The van der Waals surface area contributed by atoms with Gasteiger partial charge in [0.15, 0.2) is 0 Å². The zero-order chi connectivity index (χ0) is 22.5. The third-order valence-corrected chi connectivity index (χ3v) is 6.64. The van der Waals surface area contributed by atoms with E-state index in [1.807, 2.05) is 18.2 Å². The lowest BCUT2D eigenvalue weighted by Gasteiger charge is -2.30. The van der Waals surface area contributed by atoms with Gasteiger partial charge < -0.3 is 15.0 Å². The van der Waals surface area contributed by atoms with Crippen molar-refractivity contribution < 1.29 is 9.53 Å². The highest BCUT2D eigenvalue weighted by molar-refractivity contribution is 5.79. The molecule has 0 saturated carbocycles. The smallest absolute Gasteiger partial charge is 0.407 e. The van der Waals surface area contributed by atoms with Crippen molar-refractivity contribution in [3.05, 3.63) is 95.6 Å². The van der Waals surface area contributed by atoms with Crippen LogP contribution in [0.1, 0.15) is 41.9 Å². The Morgan fingerprint density at radius 2 is 1.52 bits per heavy atom. The molecule has 1 amide bonds. The van der Waals surface area contributed by atoms with Crippen LogP contribution in [0.5, 0.6) is 0 Å². The number of fused-ring (bicyclic) bond motifs is 3. The van der Waals surface area contributed by atoms with Gasteiger partial charge in [-0.2, -0.15) is 0 Å². The molecular weight excluding hydrogens is 408 g/mol. The number of hydrogen-bond donors (Lipinski definition) is 1. The number of piperidine rings is 1. The molecule has 0 aromatic heterocycles. The predicted octanol–water partition coefficient (Wildman–Crippen LogP) is 6.23. The highest BCUT2D eigenvalue weighted by atomic mass is 16.5. The summed E-state index contributed by atoms with van der Waals surface area (Å²) in [4.78, 5) is 14.8. The summed E-state index contributed by atoms with van der Waals surface area (Å²) in [6.07, 6.45) is 7.52. The number of carbonyl (C=O) groups excluding carboxylic acids is 1. The maximum Gasteiger partial charge on any atom is 0.407 e. The number of alkyl carbamates (subject to hydrolysis) is 1. The van der Waals surface area contributed by atoms with Gasteiger partial charge in [-0.1, -0.05) is 78.9 Å². The minimum atomic E-state index is -0.383. The normalized spacial score (nSPS) is 15.3. The number of carbonyl (C=O) groups is 1. The van der Waals surface area contributed by atoms with Gasteiger partial charge in [0.25, 0.3) is 0 Å². The molecule has 1 aliphatic heterocycles. The van der Waals surface area contributed by atoms with Crippen molar-refractivity contribution in [1.82, 2.24) is 5.32 Å². The molecule has 0 spiro atoms. The Morgan fingerprint density at radius 1 is 0.879 bits per heavy atom. The third kappa shape index (κ3) is 4.65. The van der Waals surface area contributed by atoms with E-state index in [9.17, 15) is 4.79 Å². The Hall–Kier alpha value is -3.53. The number of rotatable bonds is 6. The zero-order valence-corrected chi connectivity index (χ0v) is 18.9. The molecule has 3 aromatic carbocycles. The van der Waals surface area contributed by atoms with E-state index in [1.165, 1.54) is 52.8 Å². The van der Waals surface area contributed by atoms with Crippen LogP contribution in [0.4, 0.5) is 10.5 Å². The summed E-state index contributed by atoms with van der Waals surface area (Å²) in [5.74, 6) is 0.0788. The van der Waals surface area contributed by atoms with Crippen molar-refractivity contribution in [2.24, 2.45) is 0 Å². The summed E-state index contributed by atoms with van der Waals surface area (Å²) in [6.45, 7) is 3.00. The van der Waals surface area contributed by atoms with Crippen LogP contribution in [-0.4, -0.2) is 32.3 Å². The first-order valence-electron chi connectivity index (χ1n) is 11.9. The highest BCUT2D eigenvalue weighted by Gasteiger charge is 2.28. The largest absolute Gasteiger partial charge is 0.449 e. The molecule has 0 radical (unpaired) electrons. The number of para-hydroxylation sites is 1. The van der Waals surface area contributed by atoms with Gasteiger partial charge in [-0.05, 0) is 53.1 Å². The highest BCUT2D eigenvalue weighted by Crippen LogP contribution is 2.44. The Morgan fingerprint density at radius 3 is 2.24 bits per heavy atom. The molecule has 4 heteroatoms. The molecule has 33 heavy (non-hydrogen) atoms. The third-order valence-electron chi connectivity index (χ3n) is 6.64. The van der Waals surface area contributed by atoms with Gasteiger partial charge in [0.2, 0.25) is 0 Å². The summed E-state index contributed by atoms with van der Waals surface area (Å²) in [5, 5.41) is 2.86. The van der Waals surface area contributed by atoms with Crippen molar-refractivity contribution in [3.8, 4) is 11.1 Å². The van der Waals surface area contributed by atoms with Crippen molar-refractivity contribution in [3.63, 3.8) is 0 Å². The lowest BCUT2D eigenvalue weighted by atomic mass is 9.98. The molecule has 1 aliphatic carbocycles. The molecule has 1 heterocycles. The van der Waals surface area contributed by atoms with Gasteiger partial charge in [0.1, 0.15) is 6.61 Å². The van der Waals surface area contributed by atoms with Crippen LogP contribution in [0.2, 0.25) is 0 Å². The summed E-state index contributed by atoms with van der Waals surface area (Å²) < 4.78 is 5.62. The molecule has 168 valence electrons. The SMILES string of the molecule is O=C(NCC=Cc1ccccc1N1CCCCC1)OCC1c2ccccc2-c2ccccc21. The fraction of sp³-hybridized carbons (Fsp3) is 0.276. The lowest BCUT2D eigenvalue weighted by molar-refractivity contribution is 0.144. The van der Waals surface area contributed by atoms with Crippen LogP contribution in [0.25, 0.3) is 17.2 Å². The van der Waals surface area contributed by atoms with Crippen molar-refractivity contribution in [2.75, 3.05) is 31.1 Å². The van der Waals surface area contributed by atoms with Gasteiger partial charge in [-0.3, -0.25) is 0 Å². The molecule has 4 nitrogen and oxygen atoms in total. The van der Waals surface area contributed by atoms with E-state index in [1.54, 1.807) is 0 Å². The number of nitrogens with one attached hydrogen (secondary N) is 1. The molecule has 3 aromatic rings. The van der Waals surface area contributed by atoms with Gasteiger partial charge in [0, 0.05) is 31.2 Å². The molecule has 1 fully saturated rings. The predicted molar refractivity (Wildman–Crippen MR) is 135 cm³/mol. The second-order valence-electron chi connectivity index (χ2n) is 8.72. The number of amides is 1. The van der Waals surface area contributed by atoms with E-state index in [-0.39, 0.29) is 12.0 Å². The maximum atomic E-state index is 12.4. The van der Waals surface area contributed by atoms with Crippen LogP contribution >= 0.6 is 0 Å². The lowest BCUT2D eigenvalue weighted by Crippen LogP contribution is -2.29. The summed E-state index contributed by atoms with van der Waals surface area (Å²) in [6, 6.07) is 25.2. The monoisotopic (exact) mass is 438 g/mol. The Bertz CT molecular complexity index is 1100. The second kappa shape index (κ2) is 9.95. The summed E-state index contributed by atoms with van der Waals surface area (Å²) in [7, 11) is 0. The van der Waals surface area contributed by atoms with E-state index < -0.39 is 0 Å². The first-order valence-corrected chi connectivity index (χ1v) is 11.9. The number of hydrogen-bond acceptors (Lipinski definition) is 3. The number of benzene rings is 3.